The molecule has 0 radical (unpaired) electrons. The third-order valence-electron chi connectivity index (χ3n) is 3.93. The molecule has 0 spiro atoms. The van der Waals surface area contributed by atoms with Crippen LogP contribution in [0.25, 0.3) is 11.3 Å². The van der Waals surface area contributed by atoms with Gasteiger partial charge in [-0.3, -0.25) is 4.98 Å². The monoisotopic (exact) mass is 379 g/mol. The van der Waals surface area contributed by atoms with Crippen LogP contribution in [0.1, 0.15) is 17.3 Å². The van der Waals surface area contributed by atoms with Gasteiger partial charge in [-0.05, 0) is 43.3 Å². The fourth-order valence-electron chi connectivity index (χ4n) is 2.47. The van der Waals surface area contributed by atoms with E-state index in [2.05, 4.69) is 25.6 Å². The molecule has 0 aliphatic heterocycles. The van der Waals surface area contributed by atoms with Crippen molar-refractivity contribution in [3.8, 4) is 11.3 Å². The molecule has 0 fully saturated rings. The second-order valence-electron chi connectivity index (χ2n) is 6.12. The van der Waals surface area contributed by atoms with Gasteiger partial charge in [-0.1, -0.05) is 0 Å². The molecule has 8 heteroatoms. The van der Waals surface area contributed by atoms with Crippen LogP contribution in [-0.2, 0) is 4.74 Å². The summed E-state index contributed by atoms with van der Waals surface area (Å²) in [5.74, 6) is 0.572. The maximum absolute atomic E-state index is 11.6. The van der Waals surface area contributed by atoms with Gasteiger partial charge in [0.15, 0.2) is 0 Å². The van der Waals surface area contributed by atoms with Crippen LogP contribution in [-0.4, -0.2) is 45.8 Å². The topological polar surface area (TPSA) is 109 Å². The van der Waals surface area contributed by atoms with Crippen LogP contribution in [0.15, 0.2) is 54.9 Å². The molecule has 1 atom stereocenters. The first-order valence-electron chi connectivity index (χ1n) is 8.71. The number of rotatable bonds is 7. The number of nitrogens with zero attached hydrogens (tertiary/aromatic N) is 3. The average molecular weight is 379 g/mol. The van der Waals surface area contributed by atoms with Crippen LogP contribution < -0.4 is 10.6 Å². The number of esters is 1. The van der Waals surface area contributed by atoms with E-state index in [1.54, 1.807) is 36.7 Å². The second-order valence-corrected chi connectivity index (χ2v) is 6.12. The van der Waals surface area contributed by atoms with Crippen LogP contribution in [0, 0.1) is 0 Å². The highest BCUT2D eigenvalue weighted by molar-refractivity contribution is 5.89. The van der Waals surface area contributed by atoms with Crippen molar-refractivity contribution < 1.29 is 14.6 Å². The molecule has 0 amide bonds. The number of aliphatic hydroxyl groups excluding tert-OH is 1. The standard InChI is InChI=1S/C20H21N5O3/c1-13(12-26)22-20-24-17(14-7-9-21-10-8-14)11-18(25-20)23-16-5-3-15(4-6-16)19(27)28-2/h3-11,13,26H,12H2,1-2H3,(H2,22,23,24,25)/t13-/m0/s1. The number of hydrogen-bond acceptors (Lipinski definition) is 8. The first kappa shape index (κ1) is 19.2. The maximum atomic E-state index is 11.6. The normalized spacial score (nSPS) is 11.5. The smallest absolute Gasteiger partial charge is 0.337 e. The molecule has 0 aliphatic carbocycles. The second kappa shape index (κ2) is 8.92. The molecule has 1 aromatic carbocycles. The summed E-state index contributed by atoms with van der Waals surface area (Å²) < 4.78 is 4.71. The van der Waals surface area contributed by atoms with E-state index in [1.165, 1.54) is 7.11 Å². The number of pyridine rings is 1. The van der Waals surface area contributed by atoms with E-state index in [0.717, 1.165) is 11.3 Å². The number of aromatic nitrogens is 3. The Morgan fingerprint density at radius 3 is 2.50 bits per heavy atom. The molecule has 0 saturated heterocycles. The van der Waals surface area contributed by atoms with E-state index in [-0.39, 0.29) is 12.6 Å². The fourth-order valence-corrected chi connectivity index (χ4v) is 2.47. The minimum absolute atomic E-state index is 0.0411. The molecule has 0 aliphatic rings. The zero-order valence-electron chi connectivity index (χ0n) is 15.6. The minimum atomic E-state index is -0.391. The zero-order chi connectivity index (χ0) is 19.9. The van der Waals surface area contributed by atoms with E-state index < -0.39 is 5.97 Å². The van der Waals surface area contributed by atoms with Crippen molar-refractivity contribution in [2.24, 2.45) is 0 Å². The molecule has 2 heterocycles. The summed E-state index contributed by atoms with van der Waals surface area (Å²) in [4.78, 5) is 24.6. The van der Waals surface area contributed by atoms with Crippen LogP contribution in [0.5, 0.6) is 0 Å². The van der Waals surface area contributed by atoms with Crippen LogP contribution >= 0.6 is 0 Å². The molecule has 0 bridgehead atoms. The quantitative estimate of drug-likeness (QED) is 0.538. The summed E-state index contributed by atoms with van der Waals surface area (Å²) >= 11 is 0. The van der Waals surface area contributed by atoms with E-state index in [0.29, 0.717) is 23.0 Å². The van der Waals surface area contributed by atoms with Crippen molar-refractivity contribution in [3.63, 3.8) is 0 Å². The summed E-state index contributed by atoms with van der Waals surface area (Å²) in [6.07, 6.45) is 3.39. The van der Waals surface area contributed by atoms with Gasteiger partial charge in [-0.25, -0.2) is 9.78 Å². The fraction of sp³-hybridized carbons (Fsp3) is 0.200. The van der Waals surface area contributed by atoms with E-state index in [9.17, 15) is 9.90 Å². The highest BCUT2D eigenvalue weighted by Crippen LogP contribution is 2.24. The third-order valence-corrected chi connectivity index (χ3v) is 3.93. The summed E-state index contributed by atoms with van der Waals surface area (Å²) in [5, 5.41) is 15.6. The average Bonchev–Trinajstić information content (AvgIpc) is 2.74. The van der Waals surface area contributed by atoms with E-state index in [1.807, 2.05) is 25.1 Å². The molecular weight excluding hydrogens is 358 g/mol. The SMILES string of the molecule is COC(=O)c1ccc(Nc2cc(-c3ccncc3)nc(N[C@@H](C)CO)n2)cc1. The van der Waals surface area contributed by atoms with Crippen molar-refractivity contribution >= 4 is 23.4 Å². The maximum Gasteiger partial charge on any atom is 0.337 e. The lowest BCUT2D eigenvalue weighted by atomic mass is 10.2. The summed E-state index contributed by atoms with van der Waals surface area (Å²) in [6.45, 7) is 1.79. The lowest BCUT2D eigenvalue weighted by Crippen LogP contribution is -2.21. The predicted octanol–water partition coefficient (Wildman–Crippen LogP) is 2.86. The lowest BCUT2D eigenvalue weighted by molar-refractivity contribution is 0.0601. The molecule has 3 N–H and O–H groups in total. The summed E-state index contributed by atoms with van der Waals surface area (Å²) in [5.41, 5.74) is 2.82. The number of carbonyl (C=O) groups is 1. The Labute approximate surface area is 162 Å². The Hall–Kier alpha value is -3.52. The number of carbonyl (C=O) groups excluding carboxylic acids is 1. The molecule has 8 nitrogen and oxygen atoms in total. The van der Waals surface area contributed by atoms with Gasteiger partial charge in [-0.2, -0.15) is 4.98 Å². The van der Waals surface area contributed by atoms with E-state index in [4.69, 9.17) is 4.74 Å². The highest BCUT2D eigenvalue weighted by atomic mass is 16.5. The van der Waals surface area contributed by atoms with Gasteiger partial charge >= 0.3 is 5.97 Å². The van der Waals surface area contributed by atoms with Crippen LogP contribution in [0.3, 0.4) is 0 Å². The van der Waals surface area contributed by atoms with Gasteiger partial charge < -0.3 is 20.5 Å². The Balaban J connectivity index is 1.90. The lowest BCUT2D eigenvalue weighted by Gasteiger charge is -2.14. The minimum Gasteiger partial charge on any atom is -0.465 e. The van der Waals surface area contributed by atoms with Gasteiger partial charge in [0, 0.05) is 35.8 Å². The molecular formula is C20H21N5O3. The number of anilines is 3. The largest absolute Gasteiger partial charge is 0.465 e. The number of ether oxygens (including phenoxy) is 1. The summed E-state index contributed by atoms with van der Waals surface area (Å²) in [6, 6.07) is 12.2. The van der Waals surface area contributed by atoms with Crippen LogP contribution in [0.4, 0.5) is 17.5 Å². The number of hydrogen-bond donors (Lipinski definition) is 3. The number of aliphatic hydroxyl groups is 1. The Bertz CT molecular complexity index is 932. The van der Waals surface area contributed by atoms with Crippen molar-refractivity contribution in [2.45, 2.75) is 13.0 Å². The van der Waals surface area contributed by atoms with Gasteiger partial charge in [-0.15, -0.1) is 0 Å². The zero-order valence-corrected chi connectivity index (χ0v) is 15.6. The third kappa shape index (κ3) is 4.80. The summed E-state index contributed by atoms with van der Waals surface area (Å²) in [7, 11) is 1.35. The van der Waals surface area contributed by atoms with Crippen LogP contribution in [0.2, 0.25) is 0 Å². The van der Waals surface area contributed by atoms with Crippen molar-refractivity contribution in [3.05, 3.63) is 60.4 Å². The first-order chi connectivity index (χ1) is 13.6. The number of nitrogens with one attached hydrogen (secondary N) is 2. The Morgan fingerprint density at radius 1 is 1.14 bits per heavy atom. The predicted molar refractivity (Wildman–Crippen MR) is 106 cm³/mol. The Morgan fingerprint density at radius 2 is 1.86 bits per heavy atom. The van der Waals surface area contributed by atoms with Gasteiger partial charge in [0.2, 0.25) is 5.95 Å². The molecule has 144 valence electrons. The van der Waals surface area contributed by atoms with Crippen molar-refractivity contribution in [2.75, 3.05) is 24.4 Å². The van der Waals surface area contributed by atoms with Crippen molar-refractivity contribution in [1.82, 2.24) is 15.0 Å². The highest BCUT2D eigenvalue weighted by Gasteiger charge is 2.10. The molecule has 0 unspecified atom stereocenters. The molecule has 2 aromatic heterocycles. The van der Waals surface area contributed by atoms with Gasteiger partial charge in [0.25, 0.3) is 0 Å². The van der Waals surface area contributed by atoms with E-state index >= 15 is 0 Å². The Kier molecular flexibility index (Phi) is 6.13. The number of benzene rings is 1. The van der Waals surface area contributed by atoms with Gasteiger partial charge in [0.05, 0.1) is 25.0 Å². The molecule has 0 saturated carbocycles. The molecule has 3 aromatic rings. The first-order valence-corrected chi connectivity index (χ1v) is 8.71. The van der Waals surface area contributed by atoms with Gasteiger partial charge in [0.1, 0.15) is 5.82 Å². The molecule has 28 heavy (non-hydrogen) atoms. The van der Waals surface area contributed by atoms with Crippen molar-refractivity contribution in [1.29, 1.82) is 0 Å². The number of methoxy groups -OCH3 is 1. The molecule has 3 rings (SSSR count).